The second-order valence-electron chi connectivity index (χ2n) is 5.35. The van der Waals surface area contributed by atoms with Crippen LogP contribution in [0.25, 0.3) is 0 Å². The molecule has 0 aromatic heterocycles. The van der Waals surface area contributed by atoms with Crippen LogP contribution in [0, 0.1) is 0 Å². The molecular weight excluding hydrogens is 465 g/mol. The Kier molecular flexibility index (Phi) is 11.1. The number of methoxy groups -OCH3 is 1. The van der Waals surface area contributed by atoms with Crippen molar-refractivity contribution < 1.29 is 9.47 Å². The lowest BCUT2D eigenvalue weighted by molar-refractivity contribution is 0.125. The number of hydrogen-bond acceptors (Lipinski definition) is 3. The molecule has 0 fully saturated rings. The number of guanidine groups is 1. The van der Waals surface area contributed by atoms with Crippen molar-refractivity contribution >= 4 is 41.5 Å². The topological polar surface area (TPSA) is 54.9 Å². The number of rotatable bonds is 8. The van der Waals surface area contributed by atoms with Gasteiger partial charge in [0.2, 0.25) is 0 Å². The predicted octanol–water partition coefficient (Wildman–Crippen LogP) is 3.85. The van der Waals surface area contributed by atoms with Crippen molar-refractivity contribution in [2.45, 2.75) is 13.2 Å². The van der Waals surface area contributed by atoms with E-state index in [1.54, 1.807) is 20.2 Å². The quantitative estimate of drug-likeness (QED) is 0.256. The third kappa shape index (κ3) is 7.80. The Morgan fingerprint density at radius 2 is 1.88 bits per heavy atom. The van der Waals surface area contributed by atoms with Gasteiger partial charge in [-0.3, -0.25) is 4.99 Å². The Bertz CT molecular complexity index is 684. The van der Waals surface area contributed by atoms with Gasteiger partial charge in [-0.25, -0.2) is 0 Å². The number of benzene rings is 2. The van der Waals surface area contributed by atoms with Crippen LogP contribution in [0.3, 0.4) is 0 Å². The molecule has 0 saturated carbocycles. The molecule has 0 aliphatic rings. The number of hydrogen-bond donors (Lipinski definition) is 2. The van der Waals surface area contributed by atoms with Crippen LogP contribution in [0.4, 0.5) is 0 Å². The Labute approximate surface area is 177 Å². The van der Waals surface area contributed by atoms with E-state index in [9.17, 15) is 0 Å². The fourth-order valence-corrected chi connectivity index (χ4v) is 2.43. The van der Waals surface area contributed by atoms with Gasteiger partial charge in [0, 0.05) is 30.7 Å². The van der Waals surface area contributed by atoms with Gasteiger partial charge in [0.25, 0.3) is 0 Å². The van der Waals surface area contributed by atoms with Gasteiger partial charge in [0.1, 0.15) is 5.75 Å². The maximum Gasteiger partial charge on any atom is 0.191 e. The van der Waals surface area contributed by atoms with Gasteiger partial charge in [-0.2, -0.15) is 0 Å². The molecule has 2 rings (SSSR count). The van der Waals surface area contributed by atoms with Gasteiger partial charge in [0.15, 0.2) is 5.96 Å². The van der Waals surface area contributed by atoms with Crippen molar-refractivity contribution in [2.24, 2.45) is 4.99 Å². The monoisotopic (exact) mass is 489 g/mol. The zero-order valence-corrected chi connectivity index (χ0v) is 18.1. The second kappa shape index (κ2) is 12.8. The minimum atomic E-state index is 0. The average molecular weight is 490 g/mol. The van der Waals surface area contributed by atoms with Gasteiger partial charge in [0.05, 0.1) is 20.3 Å². The molecule has 7 heteroatoms. The van der Waals surface area contributed by atoms with E-state index in [0.29, 0.717) is 37.3 Å². The molecule has 0 amide bonds. The molecule has 0 aliphatic carbocycles. The summed E-state index contributed by atoms with van der Waals surface area (Å²) < 4.78 is 11.0. The van der Waals surface area contributed by atoms with E-state index in [2.05, 4.69) is 15.6 Å². The van der Waals surface area contributed by atoms with E-state index < -0.39 is 0 Å². The normalized spacial score (nSPS) is 10.8. The standard InChI is InChI=1S/C19H24ClN3O2.HI/c1-21-19(22-10-11-25-14-15-6-4-3-5-7-15)23-13-16-8-9-17(20)12-18(16)24-2;/h3-9,12H,10-11,13-14H2,1-2H3,(H2,21,22,23);1H. The molecule has 142 valence electrons. The van der Waals surface area contributed by atoms with Crippen molar-refractivity contribution in [2.75, 3.05) is 27.3 Å². The summed E-state index contributed by atoms with van der Waals surface area (Å²) in [5, 5.41) is 7.12. The Morgan fingerprint density at radius 3 is 2.58 bits per heavy atom. The average Bonchev–Trinajstić information content (AvgIpc) is 2.65. The molecule has 0 heterocycles. The molecular formula is C19H25ClIN3O2. The van der Waals surface area contributed by atoms with Crippen LogP contribution in [0.1, 0.15) is 11.1 Å². The highest BCUT2D eigenvalue weighted by Crippen LogP contribution is 2.22. The minimum Gasteiger partial charge on any atom is -0.496 e. The highest BCUT2D eigenvalue weighted by Gasteiger charge is 2.05. The van der Waals surface area contributed by atoms with E-state index in [0.717, 1.165) is 11.3 Å². The van der Waals surface area contributed by atoms with Gasteiger partial charge < -0.3 is 20.1 Å². The molecule has 2 aromatic carbocycles. The van der Waals surface area contributed by atoms with E-state index in [1.165, 1.54) is 5.56 Å². The maximum atomic E-state index is 5.98. The van der Waals surface area contributed by atoms with Crippen LogP contribution in [-0.4, -0.2) is 33.3 Å². The van der Waals surface area contributed by atoms with Crippen LogP contribution < -0.4 is 15.4 Å². The highest BCUT2D eigenvalue weighted by atomic mass is 127. The van der Waals surface area contributed by atoms with Crippen LogP contribution >= 0.6 is 35.6 Å². The van der Waals surface area contributed by atoms with Crippen molar-refractivity contribution in [1.82, 2.24) is 10.6 Å². The Balaban J connectivity index is 0.00000338. The number of nitrogens with zero attached hydrogens (tertiary/aromatic N) is 1. The summed E-state index contributed by atoms with van der Waals surface area (Å²) in [4.78, 5) is 4.20. The van der Waals surface area contributed by atoms with E-state index in [1.807, 2.05) is 42.5 Å². The summed E-state index contributed by atoms with van der Waals surface area (Å²) in [6.45, 7) is 2.46. The molecule has 0 aliphatic heterocycles. The fraction of sp³-hybridized carbons (Fsp3) is 0.316. The Hall–Kier alpha value is -1.51. The fourth-order valence-electron chi connectivity index (χ4n) is 2.27. The number of halogens is 2. The van der Waals surface area contributed by atoms with E-state index in [4.69, 9.17) is 21.1 Å². The summed E-state index contributed by atoms with van der Waals surface area (Å²) in [7, 11) is 3.37. The third-order valence-corrected chi connectivity index (χ3v) is 3.80. The largest absolute Gasteiger partial charge is 0.496 e. The van der Waals surface area contributed by atoms with Crippen molar-refractivity contribution in [3.8, 4) is 5.75 Å². The van der Waals surface area contributed by atoms with E-state index >= 15 is 0 Å². The molecule has 5 nitrogen and oxygen atoms in total. The van der Waals surface area contributed by atoms with Gasteiger partial charge in [-0.1, -0.05) is 48.0 Å². The molecule has 0 bridgehead atoms. The van der Waals surface area contributed by atoms with Gasteiger partial charge >= 0.3 is 0 Å². The maximum absolute atomic E-state index is 5.98. The smallest absolute Gasteiger partial charge is 0.191 e. The molecule has 2 aromatic rings. The zero-order chi connectivity index (χ0) is 17.9. The first-order valence-corrected chi connectivity index (χ1v) is 8.49. The Morgan fingerprint density at radius 1 is 1.12 bits per heavy atom. The first-order chi connectivity index (χ1) is 12.2. The lowest BCUT2D eigenvalue weighted by atomic mass is 10.2. The lowest BCUT2D eigenvalue weighted by Gasteiger charge is -2.14. The first kappa shape index (κ1) is 22.5. The molecule has 2 N–H and O–H groups in total. The van der Waals surface area contributed by atoms with Crippen LogP contribution in [0.5, 0.6) is 5.75 Å². The van der Waals surface area contributed by atoms with Crippen molar-refractivity contribution in [1.29, 1.82) is 0 Å². The van der Waals surface area contributed by atoms with Crippen molar-refractivity contribution in [3.05, 3.63) is 64.7 Å². The summed E-state index contributed by atoms with van der Waals surface area (Å²) in [5.74, 6) is 1.46. The molecule has 0 radical (unpaired) electrons. The highest BCUT2D eigenvalue weighted by molar-refractivity contribution is 14.0. The zero-order valence-electron chi connectivity index (χ0n) is 15.0. The lowest BCUT2D eigenvalue weighted by Crippen LogP contribution is -2.38. The van der Waals surface area contributed by atoms with E-state index in [-0.39, 0.29) is 24.0 Å². The second-order valence-corrected chi connectivity index (χ2v) is 5.78. The molecule has 0 unspecified atom stereocenters. The van der Waals surface area contributed by atoms with Crippen LogP contribution in [0.15, 0.2) is 53.5 Å². The van der Waals surface area contributed by atoms with Crippen LogP contribution in [-0.2, 0) is 17.9 Å². The first-order valence-electron chi connectivity index (χ1n) is 8.11. The molecule has 0 spiro atoms. The van der Waals surface area contributed by atoms with Gasteiger partial charge in [-0.05, 0) is 17.7 Å². The van der Waals surface area contributed by atoms with Crippen molar-refractivity contribution in [3.63, 3.8) is 0 Å². The summed E-state index contributed by atoms with van der Waals surface area (Å²) in [5.41, 5.74) is 2.18. The molecule has 0 saturated heterocycles. The number of aliphatic imine (C=N–C) groups is 1. The number of ether oxygens (including phenoxy) is 2. The van der Waals surface area contributed by atoms with Gasteiger partial charge in [-0.15, -0.1) is 24.0 Å². The molecule has 0 atom stereocenters. The SMILES string of the molecule is CN=C(NCCOCc1ccccc1)NCc1ccc(Cl)cc1OC.I. The predicted molar refractivity (Wildman–Crippen MR) is 118 cm³/mol. The summed E-state index contributed by atoms with van der Waals surface area (Å²) in [6, 6.07) is 15.7. The third-order valence-electron chi connectivity index (χ3n) is 3.57. The molecule has 26 heavy (non-hydrogen) atoms. The minimum absolute atomic E-state index is 0. The summed E-state index contributed by atoms with van der Waals surface area (Å²) >= 11 is 5.98. The number of nitrogens with one attached hydrogen (secondary N) is 2. The summed E-state index contributed by atoms with van der Waals surface area (Å²) in [6.07, 6.45) is 0. The van der Waals surface area contributed by atoms with Crippen LogP contribution in [0.2, 0.25) is 5.02 Å².